The number of nitrogens with one attached hydrogen (secondary N) is 1. The molecule has 0 bridgehead atoms. The molecule has 0 aliphatic carbocycles. The maximum atomic E-state index is 15.0. The van der Waals surface area contributed by atoms with Crippen LogP contribution in [0.5, 0.6) is 11.5 Å². The predicted octanol–water partition coefficient (Wildman–Crippen LogP) is 5.30. The lowest BCUT2D eigenvalue weighted by molar-refractivity contribution is 0.146. The molecule has 0 aliphatic heterocycles. The summed E-state index contributed by atoms with van der Waals surface area (Å²) < 4.78 is 47.1. The van der Waals surface area contributed by atoms with Gasteiger partial charge in [-0.05, 0) is 19.1 Å². The Morgan fingerprint density at radius 2 is 1.77 bits per heavy atom. The highest BCUT2D eigenvalue weighted by atomic mass is 19.1. The van der Waals surface area contributed by atoms with Crippen LogP contribution in [0.4, 0.5) is 20.3 Å². The van der Waals surface area contributed by atoms with Crippen LogP contribution in [0.1, 0.15) is 11.3 Å². The highest BCUT2D eigenvalue weighted by molar-refractivity contribution is 5.92. The minimum Gasteiger partial charge on any atom is -0.493 e. The first-order valence-corrected chi connectivity index (χ1v) is 12.1. The minimum absolute atomic E-state index is 0.0934. The van der Waals surface area contributed by atoms with Crippen molar-refractivity contribution in [3.05, 3.63) is 83.8 Å². The Morgan fingerprint density at radius 3 is 2.54 bits per heavy atom. The van der Waals surface area contributed by atoms with Crippen LogP contribution in [-0.2, 0) is 11.3 Å². The molecule has 0 atom stereocenters. The zero-order chi connectivity index (χ0) is 27.4. The standard InChI is InChI=1S/C28H26F2N6O3/c1-17-12-26(33-23-8-9-31-15-25(23)38-3)34-28(32-17)27-19-6-4-5-7-24(19)36(35-27)16-20-21(29)13-18(14-22(20)30)39-11-10-37-2/h4-9,12-15H,10-11,16H2,1-3H3,(H,31,32,33,34). The third kappa shape index (κ3) is 5.63. The normalized spacial score (nSPS) is 11.1. The minimum atomic E-state index is -0.729. The Balaban J connectivity index is 1.50. The number of aryl methyl sites for hydroxylation is 1. The van der Waals surface area contributed by atoms with Crippen LogP contribution in [0, 0.1) is 18.6 Å². The molecule has 0 saturated carbocycles. The third-order valence-electron chi connectivity index (χ3n) is 5.97. The highest BCUT2D eigenvalue weighted by Gasteiger charge is 2.19. The van der Waals surface area contributed by atoms with Crippen molar-refractivity contribution >= 4 is 22.4 Å². The van der Waals surface area contributed by atoms with Gasteiger partial charge in [-0.25, -0.2) is 18.7 Å². The van der Waals surface area contributed by atoms with Gasteiger partial charge in [-0.2, -0.15) is 5.10 Å². The Bertz CT molecular complexity index is 1600. The first kappa shape index (κ1) is 26.0. The van der Waals surface area contributed by atoms with Gasteiger partial charge in [0.2, 0.25) is 0 Å². The largest absolute Gasteiger partial charge is 0.493 e. The van der Waals surface area contributed by atoms with E-state index in [0.717, 1.165) is 17.5 Å². The number of halogens is 2. The van der Waals surface area contributed by atoms with Gasteiger partial charge in [-0.3, -0.25) is 9.67 Å². The average molecular weight is 533 g/mol. The molecule has 0 radical (unpaired) electrons. The van der Waals surface area contributed by atoms with Gasteiger partial charge in [0.1, 0.15) is 35.5 Å². The summed E-state index contributed by atoms with van der Waals surface area (Å²) in [4.78, 5) is 13.3. The maximum Gasteiger partial charge on any atom is 0.182 e. The van der Waals surface area contributed by atoms with Crippen molar-refractivity contribution in [1.82, 2.24) is 24.7 Å². The van der Waals surface area contributed by atoms with Crippen molar-refractivity contribution < 1.29 is 23.0 Å². The van der Waals surface area contributed by atoms with Crippen molar-refractivity contribution in [2.45, 2.75) is 13.5 Å². The van der Waals surface area contributed by atoms with Crippen LogP contribution in [0.25, 0.3) is 22.4 Å². The van der Waals surface area contributed by atoms with E-state index in [0.29, 0.717) is 46.6 Å². The van der Waals surface area contributed by atoms with E-state index < -0.39 is 11.6 Å². The third-order valence-corrected chi connectivity index (χ3v) is 5.97. The molecule has 3 heterocycles. The second kappa shape index (κ2) is 11.4. The SMILES string of the molecule is COCCOc1cc(F)c(Cn2nc(-c3nc(C)cc(Nc4ccncc4OC)n3)c3ccccc32)c(F)c1. The van der Waals surface area contributed by atoms with E-state index in [2.05, 4.69) is 20.3 Å². The molecule has 11 heteroatoms. The zero-order valence-electron chi connectivity index (χ0n) is 21.6. The van der Waals surface area contributed by atoms with E-state index in [-0.39, 0.29) is 24.5 Å². The van der Waals surface area contributed by atoms with Gasteiger partial charge in [-0.15, -0.1) is 0 Å². The molecule has 0 saturated heterocycles. The molecule has 5 rings (SSSR count). The van der Waals surface area contributed by atoms with Gasteiger partial charge in [0.15, 0.2) is 11.6 Å². The quantitative estimate of drug-likeness (QED) is 0.242. The molecule has 2 aromatic carbocycles. The molecule has 39 heavy (non-hydrogen) atoms. The summed E-state index contributed by atoms with van der Waals surface area (Å²) in [6.07, 6.45) is 3.24. The zero-order valence-corrected chi connectivity index (χ0v) is 21.6. The molecular weight excluding hydrogens is 506 g/mol. The molecule has 3 aromatic heterocycles. The van der Waals surface area contributed by atoms with Crippen molar-refractivity contribution in [2.75, 3.05) is 32.8 Å². The van der Waals surface area contributed by atoms with Crippen LogP contribution < -0.4 is 14.8 Å². The molecule has 0 amide bonds. The van der Waals surface area contributed by atoms with Crippen LogP contribution >= 0.6 is 0 Å². The first-order valence-electron chi connectivity index (χ1n) is 12.1. The smallest absolute Gasteiger partial charge is 0.182 e. The molecule has 0 aliphatic rings. The van der Waals surface area contributed by atoms with Gasteiger partial charge in [-0.1, -0.05) is 18.2 Å². The summed E-state index contributed by atoms with van der Waals surface area (Å²) in [5.74, 6) is 0.0893. The molecule has 0 spiro atoms. The Kier molecular flexibility index (Phi) is 7.60. The van der Waals surface area contributed by atoms with E-state index in [1.54, 1.807) is 36.3 Å². The van der Waals surface area contributed by atoms with Gasteiger partial charge in [0, 0.05) is 48.1 Å². The van der Waals surface area contributed by atoms with Crippen LogP contribution in [0.2, 0.25) is 0 Å². The van der Waals surface area contributed by atoms with Crippen LogP contribution in [0.3, 0.4) is 0 Å². The molecule has 200 valence electrons. The van der Waals surface area contributed by atoms with Crippen molar-refractivity contribution in [3.63, 3.8) is 0 Å². The molecular formula is C28H26F2N6O3. The number of anilines is 2. The van der Waals surface area contributed by atoms with E-state index in [1.807, 2.05) is 31.2 Å². The number of ether oxygens (including phenoxy) is 3. The Hall–Kier alpha value is -4.64. The lowest BCUT2D eigenvalue weighted by Crippen LogP contribution is -2.09. The highest BCUT2D eigenvalue weighted by Crippen LogP contribution is 2.30. The number of nitrogens with zero attached hydrogens (tertiary/aromatic N) is 5. The van der Waals surface area contributed by atoms with E-state index >= 15 is 0 Å². The number of para-hydroxylation sites is 1. The number of aromatic nitrogens is 5. The fraction of sp³-hybridized carbons (Fsp3) is 0.214. The number of fused-ring (bicyclic) bond motifs is 1. The van der Waals surface area contributed by atoms with E-state index in [1.165, 1.54) is 7.11 Å². The predicted molar refractivity (Wildman–Crippen MR) is 142 cm³/mol. The Labute approximate surface area is 223 Å². The van der Waals surface area contributed by atoms with E-state index in [9.17, 15) is 8.78 Å². The van der Waals surface area contributed by atoms with Crippen molar-refractivity contribution in [2.24, 2.45) is 0 Å². The van der Waals surface area contributed by atoms with Gasteiger partial charge >= 0.3 is 0 Å². The molecule has 9 nitrogen and oxygen atoms in total. The summed E-state index contributed by atoms with van der Waals surface area (Å²) >= 11 is 0. The number of hydrogen-bond donors (Lipinski definition) is 1. The summed E-state index contributed by atoms with van der Waals surface area (Å²) in [5.41, 5.74) is 2.43. The van der Waals surface area contributed by atoms with Crippen LogP contribution in [-0.4, -0.2) is 52.2 Å². The van der Waals surface area contributed by atoms with Gasteiger partial charge in [0.25, 0.3) is 0 Å². The lowest BCUT2D eigenvalue weighted by atomic mass is 10.1. The molecule has 0 fully saturated rings. The van der Waals surface area contributed by atoms with Gasteiger partial charge < -0.3 is 19.5 Å². The number of pyridine rings is 1. The van der Waals surface area contributed by atoms with Gasteiger partial charge in [0.05, 0.1) is 37.7 Å². The fourth-order valence-electron chi connectivity index (χ4n) is 4.14. The van der Waals surface area contributed by atoms with Crippen molar-refractivity contribution in [3.8, 4) is 23.0 Å². The summed E-state index contributed by atoms with van der Waals surface area (Å²) in [7, 11) is 3.08. The van der Waals surface area contributed by atoms with Crippen LogP contribution in [0.15, 0.2) is 60.9 Å². The molecule has 5 aromatic rings. The number of hydrogen-bond acceptors (Lipinski definition) is 8. The summed E-state index contributed by atoms with van der Waals surface area (Å²) in [6, 6.07) is 13.3. The first-order chi connectivity index (χ1) is 19.0. The molecule has 1 N–H and O–H groups in total. The number of methoxy groups -OCH3 is 2. The second-order valence-electron chi connectivity index (χ2n) is 8.65. The summed E-state index contributed by atoms with van der Waals surface area (Å²) in [5, 5.41) is 8.68. The monoisotopic (exact) mass is 532 g/mol. The maximum absolute atomic E-state index is 15.0. The Morgan fingerprint density at radius 1 is 0.974 bits per heavy atom. The lowest BCUT2D eigenvalue weighted by Gasteiger charge is -2.11. The fourth-order valence-corrected chi connectivity index (χ4v) is 4.14. The number of benzene rings is 2. The van der Waals surface area contributed by atoms with Crippen molar-refractivity contribution in [1.29, 1.82) is 0 Å². The number of rotatable bonds is 10. The topological polar surface area (TPSA) is 96.2 Å². The molecule has 0 unspecified atom stereocenters. The second-order valence-corrected chi connectivity index (χ2v) is 8.65. The average Bonchev–Trinajstić information content (AvgIpc) is 3.29. The van der Waals surface area contributed by atoms with E-state index in [4.69, 9.17) is 19.3 Å². The summed E-state index contributed by atoms with van der Waals surface area (Å²) in [6.45, 7) is 2.20.